The van der Waals surface area contributed by atoms with Crippen LogP contribution in [0.15, 0.2) is 91.0 Å². The Morgan fingerprint density at radius 1 is 0.775 bits per heavy atom. The van der Waals surface area contributed by atoms with Crippen LogP contribution in [0.2, 0.25) is 5.02 Å². The summed E-state index contributed by atoms with van der Waals surface area (Å²) in [6, 6.07) is 29.2. The van der Waals surface area contributed by atoms with Crippen LogP contribution in [0.5, 0.6) is 11.5 Å². The summed E-state index contributed by atoms with van der Waals surface area (Å²) in [5.41, 5.74) is 5.39. The van der Waals surface area contributed by atoms with E-state index in [-0.39, 0.29) is 17.9 Å². The molecule has 204 valence electrons. The molecule has 0 unspecified atom stereocenters. The topological polar surface area (TPSA) is 60.7 Å². The number of benzene rings is 4. The predicted molar refractivity (Wildman–Crippen MR) is 162 cm³/mol. The molecule has 0 spiro atoms. The minimum absolute atomic E-state index is 0.00162. The van der Waals surface area contributed by atoms with Gasteiger partial charge in [-0.25, -0.2) is 4.79 Å². The van der Waals surface area contributed by atoms with Crippen molar-refractivity contribution in [2.75, 3.05) is 0 Å². The van der Waals surface area contributed by atoms with Crippen molar-refractivity contribution in [2.45, 2.75) is 46.4 Å². The first-order valence-electron chi connectivity index (χ1n) is 13.4. The van der Waals surface area contributed by atoms with Crippen molar-refractivity contribution < 1.29 is 19.4 Å². The van der Waals surface area contributed by atoms with E-state index in [0.29, 0.717) is 22.9 Å². The van der Waals surface area contributed by atoms with Crippen molar-refractivity contribution in [1.29, 1.82) is 0 Å². The van der Waals surface area contributed by atoms with Gasteiger partial charge in [0.05, 0.1) is 17.7 Å². The molecule has 0 atom stereocenters. The standard InChI is InChI=1S/C34H32ClNO4/c1-21(2)39-28-14-11-24(12-15-28)25-13-16-30-31(19-25)36(20-23-7-5-9-27(35)17-23)33(34(37)38)32(30)26-8-6-10-29(18-26)40-22(3)4/h5-19,21-22H,20H2,1-4H3,(H,37,38). The van der Waals surface area contributed by atoms with Gasteiger partial charge in [-0.1, -0.05) is 60.1 Å². The Bertz CT molecular complexity index is 1670. The van der Waals surface area contributed by atoms with Gasteiger partial charge < -0.3 is 19.1 Å². The average Bonchev–Trinajstić information content (AvgIpc) is 3.22. The molecule has 1 aromatic heterocycles. The number of rotatable bonds is 9. The quantitative estimate of drug-likeness (QED) is 0.198. The second kappa shape index (κ2) is 11.5. The molecule has 0 aliphatic carbocycles. The summed E-state index contributed by atoms with van der Waals surface area (Å²) in [4.78, 5) is 12.9. The lowest BCUT2D eigenvalue weighted by molar-refractivity contribution is 0.0687. The van der Waals surface area contributed by atoms with Gasteiger partial charge in [0.15, 0.2) is 0 Å². The Morgan fingerprint density at radius 3 is 2.12 bits per heavy atom. The molecule has 0 saturated heterocycles. The number of fused-ring (bicyclic) bond motifs is 1. The van der Waals surface area contributed by atoms with E-state index in [4.69, 9.17) is 21.1 Å². The van der Waals surface area contributed by atoms with E-state index in [1.807, 2.05) is 117 Å². The number of aromatic carboxylic acids is 1. The fraction of sp³-hybridized carbons (Fsp3) is 0.206. The van der Waals surface area contributed by atoms with Crippen LogP contribution < -0.4 is 9.47 Å². The van der Waals surface area contributed by atoms with Crippen LogP contribution in [0.3, 0.4) is 0 Å². The number of halogens is 1. The zero-order valence-electron chi connectivity index (χ0n) is 23.0. The average molecular weight is 554 g/mol. The normalized spacial score (nSPS) is 11.4. The SMILES string of the molecule is CC(C)Oc1ccc(-c2ccc3c(-c4cccc(OC(C)C)c4)c(C(=O)O)n(Cc4cccc(Cl)c4)c3c2)cc1. The number of carboxylic acids is 1. The number of ether oxygens (including phenoxy) is 2. The van der Waals surface area contributed by atoms with Gasteiger partial charge in [0.25, 0.3) is 0 Å². The number of aromatic nitrogens is 1. The summed E-state index contributed by atoms with van der Waals surface area (Å²) in [5, 5.41) is 12.0. The summed E-state index contributed by atoms with van der Waals surface area (Å²) in [6.07, 6.45) is 0.0903. The van der Waals surface area contributed by atoms with E-state index in [0.717, 1.165) is 38.9 Å². The zero-order chi connectivity index (χ0) is 28.4. The summed E-state index contributed by atoms with van der Waals surface area (Å²) >= 11 is 6.29. The summed E-state index contributed by atoms with van der Waals surface area (Å²) in [7, 11) is 0. The lowest BCUT2D eigenvalue weighted by atomic mass is 9.99. The maximum absolute atomic E-state index is 12.9. The Labute approximate surface area is 239 Å². The van der Waals surface area contributed by atoms with Crippen molar-refractivity contribution in [3.63, 3.8) is 0 Å². The highest BCUT2D eigenvalue weighted by Crippen LogP contribution is 2.39. The maximum atomic E-state index is 12.9. The van der Waals surface area contributed by atoms with Gasteiger partial charge in [-0.3, -0.25) is 0 Å². The molecule has 5 nitrogen and oxygen atoms in total. The van der Waals surface area contributed by atoms with Gasteiger partial charge in [-0.15, -0.1) is 0 Å². The predicted octanol–water partition coefficient (Wildman–Crippen LogP) is 8.95. The minimum atomic E-state index is -1.000. The van der Waals surface area contributed by atoms with Gasteiger partial charge in [0, 0.05) is 22.5 Å². The molecular weight excluding hydrogens is 522 g/mol. The Hall–Kier alpha value is -4.22. The molecule has 0 bridgehead atoms. The third-order valence-corrected chi connectivity index (χ3v) is 6.79. The zero-order valence-corrected chi connectivity index (χ0v) is 23.8. The number of carboxylic acid groups (broad SMARTS) is 1. The number of nitrogens with zero attached hydrogens (tertiary/aromatic N) is 1. The molecule has 0 aliphatic rings. The summed E-state index contributed by atoms with van der Waals surface area (Å²) < 4.78 is 13.6. The van der Waals surface area contributed by atoms with Gasteiger partial charge in [-0.2, -0.15) is 0 Å². The van der Waals surface area contributed by atoms with Crippen molar-refractivity contribution in [3.05, 3.63) is 107 Å². The third kappa shape index (κ3) is 5.85. The van der Waals surface area contributed by atoms with Gasteiger partial charge in [0.2, 0.25) is 0 Å². The molecule has 0 radical (unpaired) electrons. The van der Waals surface area contributed by atoms with Crippen molar-refractivity contribution in [2.24, 2.45) is 0 Å². The van der Waals surface area contributed by atoms with E-state index >= 15 is 0 Å². The van der Waals surface area contributed by atoms with Gasteiger partial charge in [0.1, 0.15) is 17.2 Å². The van der Waals surface area contributed by atoms with Crippen molar-refractivity contribution in [3.8, 4) is 33.8 Å². The van der Waals surface area contributed by atoms with E-state index in [2.05, 4.69) is 6.07 Å². The maximum Gasteiger partial charge on any atom is 0.353 e. The highest BCUT2D eigenvalue weighted by atomic mass is 35.5. The van der Waals surface area contributed by atoms with E-state index in [1.54, 1.807) is 0 Å². The second-order valence-corrected chi connectivity index (χ2v) is 10.8. The van der Waals surface area contributed by atoms with Crippen LogP contribution >= 0.6 is 11.6 Å². The van der Waals surface area contributed by atoms with E-state index in [1.165, 1.54) is 0 Å². The van der Waals surface area contributed by atoms with E-state index in [9.17, 15) is 9.90 Å². The molecule has 5 aromatic rings. The minimum Gasteiger partial charge on any atom is -0.491 e. The Morgan fingerprint density at radius 2 is 1.45 bits per heavy atom. The van der Waals surface area contributed by atoms with E-state index < -0.39 is 5.97 Å². The Balaban J connectivity index is 1.71. The lowest BCUT2D eigenvalue weighted by Gasteiger charge is -2.12. The van der Waals surface area contributed by atoms with Gasteiger partial charge in [-0.05, 0) is 92.4 Å². The fourth-order valence-electron chi connectivity index (χ4n) is 5.02. The second-order valence-electron chi connectivity index (χ2n) is 10.4. The molecule has 6 heteroatoms. The van der Waals surface area contributed by atoms with Crippen molar-refractivity contribution >= 4 is 28.5 Å². The smallest absolute Gasteiger partial charge is 0.353 e. The highest BCUT2D eigenvalue weighted by molar-refractivity contribution is 6.30. The summed E-state index contributed by atoms with van der Waals surface area (Å²) in [5.74, 6) is 0.503. The first-order chi connectivity index (χ1) is 19.2. The first-order valence-corrected chi connectivity index (χ1v) is 13.8. The third-order valence-electron chi connectivity index (χ3n) is 6.55. The fourth-order valence-corrected chi connectivity index (χ4v) is 5.23. The Kier molecular flexibility index (Phi) is 7.85. The van der Waals surface area contributed by atoms with Crippen LogP contribution in [-0.4, -0.2) is 27.9 Å². The molecule has 0 saturated carbocycles. The van der Waals surface area contributed by atoms with Crippen LogP contribution in [0.4, 0.5) is 0 Å². The summed E-state index contributed by atoms with van der Waals surface area (Å²) in [6.45, 7) is 8.28. The monoisotopic (exact) mass is 553 g/mol. The molecule has 0 aliphatic heterocycles. The number of hydrogen-bond donors (Lipinski definition) is 1. The largest absolute Gasteiger partial charge is 0.491 e. The molecule has 1 N–H and O–H groups in total. The van der Waals surface area contributed by atoms with Crippen LogP contribution in [-0.2, 0) is 6.54 Å². The molecule has 0 fully saturated rings. The molecule has 1 heterocycles. The molecule has 40 heavy (non-hydrogen) atoms. The van der Waals surface area contributed by atoms with Crippen molar-refractivity contribution in [1.82, 2.24) is 4.57 Å². The number of hydrogen-bond acceptors (Lipinski definition) is 3. The first kappa shape index (κ1) is 27.4. The number of carbonyl (C=O) groups is 1. The molecule has 4 aromatic carbocycles. The highest BCUT2D eigenvalue weighted by Gasteiger charge is 2.25. The van der Waals surface area contributed by atoms with Crippen LogP contribution in [0.1, 0.15) is 43.7 Å². The lowest BCUT2D eigenvalue weighted by Crippen LogP contribution is -2.11. The molecular formula is C34H32ClNO4. The molecule has 0 amide bonds. The van der Waals surface area contributed by atoms with Crippen LogP contribution in [0, 0.1) is 0 Å². The van der Waals surface area contributed by atoms with Gasteiger partial charge >= 0.3 is 5.97 Å². The molecule has 5 rings (SSSR count). The van der Waals surface area contributed by atoms with Crippen LogP contribution in [0.25, 0.3) is 33.2 Å².